The molecule has 6 nitrogen and oxygen atoms in total. The summed E-state index contributed by atoms with van der Waals surface area (Å²) in [6.45, 7) is 1.34. The summed E-state index contributed by atoms with van der Waals surface area (Å²) in [6, 6.07) is 8.11. The standard InChI is InChI=1S/C14H13FN2O4S2/c1-9-6-12(15)14(8-13(9)17(18)19)23(20,21)16-10-4-3-5-11(7-10)22-2/h3-8,16H,1-2H3. The summed E-state index contributed by atoms with van der Waals surface area (Å²) in [6.07, 6.45) is 1.83. The van der Waals surface area contributed by atoms with E-state index in [1.54, 1.807) is 18.2 Å². The van der Waals surface area contributed by atoms with Crippen LogP contribution < -0.4 is 4.72 Å². The van der Waals surface area contributed by atoms with Gasteiger partial charge in [0.25, 0.3) is 15.7 Å². The zero-order valence-corrected chi connectivity index (χ0v) is 13.9. The van der Waals surface area contributed by atoms with Gasteiger partial charge in [0, 0.05) is 22.2 Å². The molecule has 1 N–H and O–H groups in total. The third kappa shape index (κ3) is 3.80. The number of hydrogen-bond acceptors (Lipinski definition) is 5. The third-order valence-electron chi connectivity index (χ3n) is 3.06. The normalized spacial score (nSPS) is 11.3. The van der Waals surface area contributed by atoms with E-state index in [9.17, 15) is 22.9 Å². The zero-order valence-electron chi connectivity index (χ0n) is 12.2. The molecule has 0 radical (unpaired) electrons. The molecule has 0 saturated carbocycles. The summed E-state index contributed by atoms with van der Waals surface area (Å²) in [7, 11) is -4.28. The molecule has 2 aromatic carbocycles. The maximum absolute atomic E-state index is 14.0. The summed E-state index contributed by atoms with van der Waals surface area (Å²) in [4.78, 5) is 10.2. The van der Waals surface area contributed by atoms with Crippen molar-refractivity contribution in [2.45, 2.75) is 16.7 Å². The fourth-order valence-corrected chi connectivity index (χ4v) is 3.53. The molecular formula is C14H13FN2O4S2. The molecule has 0 unspecified atom stereocenters. The molecule has 0 aliphatic heterocycles. The zero-order chi connectivity index (χ0) is 17.2. The molecule has 0 fully saturated rings. The van der Waals surface area contributed by atoms with Crippen molar-refractivity contribution in [2.75, 3.05) is 11.0 Å². The average Bonchev–Trinajstić information content (AvgIpc) is 2.46. The monoisotopic (exact) mass is 356 g/mol. The number of sulfonamides is 1. The fourth-order valence-electron chi connectivity index (χ4n) is 1.94. The Hall–Kier alpha value is -2.13. The molecule has 23 heavy (non-hydrogen) atoms. The summed E-state index contributed by atoms with van der Waals surface area (Å²) in [5.41, 5.74) is -0.153. The second-order valence-corrected chi connectivity index (χ2v) is 7.19. The fraction of sp³-hybridized carbons (Fsp3) is 0.143. The Morgan fingerprint density at radius 2 is 1.96 bits per heavy atom. The van der Waals surface area contributed by atoms with Gasteiger partial charge in [0.1, 0.15) is 10.7 Å². The highest BCUT2D eigenvalue weighted by Gasteiger charge is 2.24. The number of aryl methyl sites for hydroxylation is 1. The number of rotatable bonds is 5. The molecule has 9 heteroatoms. The Kier molecular flexibility index (Phi) is 4.90. The number of nitro groups is 1. The lowest BCUT2D eigenvalue weighted by molar-refractivity contribution is -0.385. The van der Waals surface area contributed by atoms with E-state index in [1.165, 1.54) is 24.8 Å². The van der Waals surface area contributed by atoms with Crippen molar-refractivity contribution in [3.63, 3.8) is 0 Å². The number of anilines is 1. The number of nitro benzene ring substituents is 1. The van der Waals surface area contributed by atoms with Crippen LogP contribution in [0.5, 0.6) is 0 Å². The van der Waals surface area contributed by atoms with Crippen molar-refractivity contribution >= 4 is 33.2 Å². The lowest BCUT2D eigenvalue weighted by atomic mass is 10.2. The Morgan fingerprint density at radius 1 is 1.26 bits per heavy atom. The first-order valence-corrected chi connectivity index (χ1v) is 9.07. The highest BCUT2D eigenvalue weighted by molar-refractivity contribution is 7.98. The summed E-state index contributed by atoms with van der Waals surface area (Å²) >= 11 is 1.42. The van der Waals surface area contributed by atoms with E-state index in [2.05, 4.69) is 4.72 Å². The Bertz CT molecular complexity index is 869. The van der Waals surface area contributed by atoms with Gasteiger partial charge in [0.2, 0.25) is 0 Å². The highest BCUT2D eigenvalue weighted by atomic mass is 32.2. The second-order valence-electron chi connectivity index (χ2n) is 4.66. The van der Waals surface area contributed by atoms with Crippen molar-refractivity contribution in [3.8, 4) is 0 Å². The van der Waals surface area contributed by atoms with Crippen LogP contribution in [0.1, 0.15) is 5.56 Å². The number of thioether (sulfide) groups is 1. The molecule has 0 saturated heterocycles. The number of nitrogens with zero attached hydrogens (tertiary/aromatic N) is 1. The van der Waals surface area contributed by atoms with Gasteiger partial charge in [-0.2, -0.15) is 0 Å². The van der Waals surface area contributed by atoms with Gasteiger partial charge in [0.15, 0.2) is 0 Å². The van der Waals surface area contributed by atoms with Crippen molar-refractivity contribution in [2.24, 2.45) is 0 Å². The second kappa shape index (κ2) is 6.55. The maximum atomic E-state index is 14.0. The Balaban J connectivity index is 2.47. The van der Waals surface area contributed by atoms with Gasteiger partial charge >= 0.3 is 0 Å². The molecule has 0 amide bonds. The lowest BCUT2D eigenvalue weighted by Crippen LogP contribution is -2.15. The molecule has 2 aromatic rings. The molecule has 0 aliphatic rings. The van der Waals surface area contributed by atoms with Crippen molar-refractivity contribution < 1.29 is 17.7 Å². The summed E-state index contributed by atoms with van der Waals surface area (Å²) in [5.74, 6) is -1.04. The summed E-state index contributed by atoms with van der Waals surface area (Å²) < 4.78 is 40.9. The minimum absolute atomic E-state index is 0.0517. The largest absolute Gasteiger partial charge is 0.280 e. The number of nitrogens with one attached hydrogen (secondary N) is 1. The van der Waals surface area contributed by atoms with E-state index in [1.807, 2.05) is 6.26 Å². The van der Waals surface area contributed by atoms with Crippen LogP contribution in [0.3, 0.4) is 0 Å². The van der Waals surface area contributed by atoms with Gasteiger partial charge in [0.05, 0.1) is 4.92 Å². The minimum Gasteiger partial charge on any atom is -0.280 e. The van der Waals surface area contributed by atoms with Gasteiger partial charge in [-0.05, 0) is 37.4 Å². The number of benzene rings is 2. The molecule has 0 aliphatic carbocycles. The molecule has 0 aromatic heterocycles. The van der Waals surface area contributed by atoms with Crippen molar-refractivity contribution in [1.29, 1.82) is 0 Å². The van der Waals surface area contributed by atoms with Crippen LogP contribution in [0.25, 0.3) is 0 Å². The quantitative estimate of drug-likeness (QED) is 0.502. The van der Waals surface area contributed by atoms with E-state index in [-0.39, 0.29) is 11.3 Å². The smallest absolute Gasteiger partial charge is 0.273 e. The van der Waals surface area contributed by atoms with E-state index in [0.717, 1.165) is 17.0 Å². The number of hydrogen-bond donors (Lipinski definition) is 1. The molecule has 0 spiro atoms. The van der Waals surface area contributed by atoms with Crippen LogP contribution in [-0.4, -0.2) is 19.6 Å². The average molecular weight is 356 g/mol. The first-order valence-electron chi connectivity index (χ1n) is 6.36. The predicted molar refractivity (Wildman–Crippen MR) is 86.8 cm³/mol. The summed E-state index contributed by atoms with van der Waals surface area (Å²) in [5, 5.41) is 10.9. The highest BCUT2D eigenvalue weighted by Crippen LogP contribution is 2.27. The van der Waals surface area contributed by atoms with E-state index >= 15 is 0 Å². The molecule has 0 heterocycles. The maximum Gasteiger partial charge on any atom is 0.273 e. The molecule has 2 rings (SSSR count). The minimum atomic E-state index is -4.28. The van der Waals surface area contributed by atoms with Gasteiger partial charge in [-0.3, -0.25) is 14.8 Å². The van der Waals surface area contributed by atoms with E-state index in [0.29, 0.717) is 0 Å². The van der Waals surface area contributed by atoms with Gasteiger partial charge in [-0.1, -0.05) is 6.07 Å². The van der Waals surface area contributed by atoms with Crippen molar-refractivity contribution in [1.82, 2.24) is 0 Å². The van der Waals surface area contributed by atoms with Gasteiger partial charge < -0.3 is 0 Å². The molecular weight excluding hydrogens is 343 g/mol. The first kappa shape index (κ1) is 17.2. The van der Waals surface area contributed by atoms with E-state index in [4.69, 9.17) is 0 Å². The van der Waals surface area contributed by atoms with Gasteiger partial charge in [-0.25, -0.2) is 12.8 Å². The predicted octanol–water partition coefficient (Wildman–Crippen LogP) is 3.57. The third-order valence-corrected chi connectivity index (χ3v) is 5.18. The SMILES string of the molecule is CSc1cccc(NS(=O)(=O)c2cc([N+](=O)[O-])c(C)cc2F)c1. The molecule has 122 valence electrons. The molecule has 0 bridgehead atoms. The lowest BCUT2D eigenvalue weighted by Gasteiger charge is -2.10. The first-order chi connectivity index (χ1) is 10.7. The topological polar surface area (TPSA) is 89.3 Å². The van der Waals surface area contributed by atoms with Crippen LogP contribution in [0.4, 0.5) is 15.8 Å². The van der Waals surface area contributed by atoms with E-state index < -0.39 is 31.3 Å². The Morgan fingerprint density at radius 3 is 2.57 bits per heavy atom. The van der Waals surface area contributed by atoms with Crippen LogP contribution in [0, 0.1) is 22.9 Å². The molecule has 0 atom stereocenters. The van der Waals surface area contributed by atoms with Crippen LogP contribution in [0.15, 0.2) is 46.2 Å². The Labute approximate surface area is 136 Å². The van der Waals surface area contributed by atoms with Crippen molar-refractivity contribution in [3.05, 3.63) is 57.9 Å². The van der Waals surface area contributed by atoms with Crippen LogP contribution in [-0.2, 0) is 10.0 Å². The van der Waals surface area contributed by atoms with Crippen LogP contribution >= 0.6 is 11.8 Å². The number of halogens is 1. The van der Waals surface area contributed by atoms with Crippen LogP contribution in [0.2, 0.25) is 0 Å². The van der Waals surface area contributed by atoms with Gasteiger partial charge in [-0.15, -0.1) is 11.8 Å².